The predicted octanol–water partition coefficient (Wildman–Crippen LogP) is 4.94. The summed E-state index contributed by atoms with van der Waals surface area (Å²) in [5, 5.41) is 3.59. The molecule has 1 nitrogen and oxygen atoms in total. The van der Waals surface area contributed by atoms with Crippen LogP contribution in [-0.2, 0) is 11.8 Å². The van der Waals surface area contributed by atoms with E-state index < -0.39 is 0 Å². The van der Waals surface area contributed by atoms with E-state index in [0.29, 0.717) is 0 Å². The highest BCUT2D eigenvalue weighted by Crippen LogP contribution is 2.27. The van der Waals surface area contributed by atoms with Crippen molar-refractivity contribution in [2.45, 2.75) is 72.3 Å². The second kappa shape index (κ2) is 6.76. The van der Waals surface area contributed by atoms with Gasteiger partial charge in [-0.15, -0.1) is 0 Å². The van der Waals surface area contributed by atoms with Crippen LogP contribution in [0.3, 0.4) is 0 Å². The van der Waals surface area contributed by atoms with Gasteiger partial charge in [-0.2, -0.15) is 0 Å². The minimum atomic E-state index is 0.206. The summed E-state index contributed by atoms with van der Waals surface area (Å²) in [5.41, 5.74) is 3.33. The van der Waals surface area contributed by atoms with Gasteiger partial charge in [0.2, 0.25) is 0 Å². The second-order valence-corrected chi connectivity index (χ2v) is 8.11. The highest BCUT2D eigenvalue weighted by atomic mass is 14.9. The van der Waals surface area contributed by atoms with Crippen molar-refractivity contribution >= 4 is 0 Å². The molecule has 0 heterocycles. The molecule has 0 spiro atoms. The third-order valence-electron chi connectivity index (χ3n) is 3.78. The van der Waals surface area contributed by atoms with Crippen LogP contribution < -0.4 is 5.32 Å². The van der Waals surface area contributed by atoms with Gasteiger partial charge in [-0.3, -0.25) is 0 Å². The van der Waals surface area contributed by atoms with E-state index in [9.17, 15) is 0 Å². The van der Waals surface area contributed by atoms with Gasteiger partial charge < -0.3 is 5.32 Å². The molecule has 0 atom stereocenters. The Hall–Kier alpha value is -0.820. The lowest BCUT2D eigenvalue weighted by Gasteiger charge is -2.28. The highest BCUT2D eigenvalue weighted by Gasteiger charge is 2.21. The normalized spacial score (nSPS) is 13.0. The molecule has 114 valence electrons. The Morgan fingerprint density at radius 3 is 1.95 bits per heavy atom. The van der Waals surface area contributed by atoms with Crippen LogP contribution in [0.5, 0.6) is 0 Å². The van der Waals surface area contributed by atoms with E-state index >= 15 is 0 Å². The monoisotopic (exact) mass is 275 g/mol. The summed E-state index contributed by atoms with van der Waals surface area (Å²) in [5.74, 6) is 0.727. The summed E-state index contributed by atoms with van der Waals surface area (Å²) in [6.07, 6.45) is 2.33. The third-order valence-corrected chi connectivity index (χ3v) is 3.78. The Labute approximate surface area is 126 Å². The Morgan fingerprint density at radius 1 is 0.950 bits per heavy atom. The molecule has 0 aliphatic carbocycles. The van der Waals surface area contributed by atoms with Crippen LogP contribution in [0, 0.1) is 5.92 Å². The molecule has 0 amide bonds. The minimum absolute atomic E-state index is 0.206. The van der Waals surface area contributed by atoms with Gasteiger partial charge in [-0.05, 0) is 62.6 Å². The van der Waals surface area contributed by atoms with Gasteiger partial charge in [0.05, 0.1) is 0 Å². The summed E-state index contributed by atoms with van der Waals surface area (Å²) >= 11 is 0. The molecule has 0 aliphatic rings. The zero-order valence-corrected chi connectivity index (χ0v) is 14.5. The van der Waals surface area contributed by atoms with Crippen molar-refractivity contribution in [1.29, 1.82) is 0 Å². The SMILES string of the molecule is CC(C)Cc1ccc(C(C)(C)CCNC(C)(C)C)cc1. The second-order valence-electron chi connectivity index (χ2n) is 8.11. The molecule has 0 saturated carbocycles. The quantitative estimate of drug-likeness (QED) is 0.775. The van der Waals surface area contributed by atoms with E-state index in [4.69, 9.17) is 0 Å². The summed E-state index contributed by atoms with van der Waals surface area (Å²) in [7, 11) is 0. The largest absolute Gasteiger partial charge is 0.312 e. The van der Waals surface area contributed by atoms with E-state index in [1.54, 1.807) is 0 Å². The minimum Gasteiger partial charge on any atom is -0.312 e. The van der Waals surface area contributed by atoms with Crippen molar-refractivity contribution in [1.82, 2.24) is 5.32 Å². The van der Waals surface area contributed by atoms with Crippen molar-refractivity contribution in [3.8, 4) is 0 Å². The van der Waals surface area contributed by atoms with Crippen LogP contribution in [0.1, 0.15) is 66.0 Å². The van der Waals surface area contributed by atoms with E-state index in [-0.39, 0.29) is 11.0 Å². The van der Waals surface area contributed by atoms with Gasteiger partial charge in [-0.25, -0.2) is 0 Å². The van der Waals surface area contributed by atoms with Gasteiger partial charge in [-0.1, -0.05) is 52.0 Å². The topological polar surface area (TPSA) is 12.0 Å². The van der Waals surface area contributed by atoms with Gasteiger partial charge in [0.15, 0.2) is 0 Å². The maximum atomic E-state index is 3.59. The van der Waals surface area contributed by atoms with Crippen LogP contribution in [0.4, 0.5) is 0 Å². The fraction of sp³-hybridized carbons (Fsp3) is 0.684. The van der Waals surface area contributed by atoms with E-state index in [1.807, 2.05) is 0 Å². The molecule has 0 radical (unpaired) electrons. The molecule has 0 saturated heterocycles. The van der Waals surface area contributed by atoms with E-state index in [1.165, 1.54) is 17.5 Å². The molecular formula is C19H33N. The smallest absolute Gasteiger partial charge is 0.00965 e. The zero-order chi connectivity index (χ0) is 15.4. The van der Waals surface area contributed by atoms with Gasteiger partial charge in [0.25, 0.3) is 0 Å². The molecule has 1 aromatic carbocycles. The molecule has 0 fully saturated rings. The Morgan fingerprint density at radius 2 is 1.50 bits per heavy atom. The van der Waals surface area contributed by atoms with Crippen molar-refractivity contribution < 1.29 is 0 Å². The van der Waals surface area contributed by atoms with Crippen LogP contribution in [-0.4, -0.2) is 12.1 Å². The first-order chi connectivity index (χ1) is 9.10. The summed E-state index contributed by atoms with van der Waals surface area (Å²) < 4.78 is 0. The van der Waals surface area contributed by atoms with Crippen molar-refractivity contribution in [2.24, 2.45) is 5.92 Å². The molecule has 1 rings (SSSR count). The van der Waals surface area contributed by atoms with Crippen LogP contribution in [0.15, 0.2) is 24.3 Å². The molecule has 1 aromatic rings. The summed E-state index contributed by atoms with van der Waals surface area (Å²) in [4.78, 5) is 0. The molecule has 1 heteroatoms. The predicted molar refractivity (Wildman–Crippen MR) is 90.4 cm³/mol. The molecular weight excluding hydrogens is 242 g/mol. The molecule has 1 N–H and O–H groups in total. The van der Waals surface area contributed by atoms with Crippen LogP contribution in [0.2, 0.25) is 0 Å². The molecule has 0 bridgehead atoms. The number of hydrogen-bond acceptors (Lipinski definition) is 1. The fourth-order valence-corrected chi connectivity index (χ4v) is 2.46. The molecule has 0 aromatic heterocycles. The molecule has 0 aliphatic heterocycles. The average Bonchev–Trinajstić information content (AvgIpc) is 2.26. The zero-order valence-electron chi connectivity index (χ0n) is 14.5. The first kappa shape index (κ1) is 17.2. The lowest BCUT2D eigenvalue weighted by atomic mass is 9.81. The highest BCUT2D eigenvalue weighted by molar-refractivity contribution is 5.28. The van der Waals surface area contributed by atoms with Gasteiger partial charge in [0, 0.05) is 5.54 Å². The number of nitrogens with one attached hydrogen (secondary N) is 1. The van der Waals surface area contributed by atoms with Crippen molar-refractivity contribution in [2.75, 3.05) is 6.54 Å². The lowest BCUT2D eigenvalue weighted by molar-refractivity contribution is 0.379. The Balaban J connectivity index is 2.62. The Kier molecular flexibility index (Phi) is 5.82. The van der Waals surface area contributed by atoms with Gasteiger partial charge >= 0.3 is 0 Å². The van der Waals surface area contributed by atoms with Crippen LogP contribution in [0.25, 0.3) is 0 Å². The average molecular weight is 275 g/mol. The maximum absolute atomic E-state index is 3.59. The first-order valence-corrected chi connectivity index (χ1v) is 7.94. The van der Waals surface area contributed by atoms with Gasteiger partial charge in [0.1, 0.15) is 0 Å². The Bertz CT molecular complexity index is 393. The fourth-order valence-electron chi connectivity index (χ4n) is 2.46. The van der Waals surface area contributed by atoms with Crippen molar-refractivity contribution in [3.05, 3.63) is 35.4 Å². The first-order valence-electron chi connectivity index (χ1n) is 7.94. The summed E-state index contributed by atoms with van der Waals surface area (Å²) in [6, 6.07) is 9.23. The number of rotatable bonds is 6. The molecule has 20 heavy (non-hydrogen) atoms. The summed E-state index contributed by atoms with van der Waals surface area (Å²) in [6.45, 7) is 17.0. The van der Waals surface area contributed by atoms with Crippen LogP contribution >= 0.6 is 0 Å². The molecule has 0 unspecified atom stereocenters. The van der Waals surface area contributed by atoms with E-state index in [2.05, 4.69) is 78.0 Å². The maximum Gasteiger partial charge on any atom is 0.00965 e. The van der Waals surface area contributed by atoms with E-state index in [0.717, 1.165) is 18.9 Å². The standard InChI is InChI=1S/C19H33N/c1-15(2)14-16-8-10-17(11-9-16)19(6,7)12-13-20-18(3,4)5/h8-11,15,20H,12-14H2,1-7H3. The third kappa shape index (κ3) is 6.09. The van der Waals surface area contributed by atoms with Crippen molar-refractivity contribution in [3.63, 3.8) is 0 Å². The lowest BCUT2D eigenvalue weighted by Crippen LogP contribution is -2.38. The number of benzene rings is 1. The number of hydrogen-bond donors (Lipinski definition) is 1.